The maximum atomic E-state index is 12.8. The molecule has 3 aromatic rings. The van der Waals surface area contributed by atoms with Crippen molar-refractivity contribution >= 4 is 17.9 Å². The molecule has 9 nitrogen and oxygen atoms in total. The summed E-state index contributed by atoms with van der Waals surface area (Å²) in [6.07, 6.45) is 0. The Kier molecular flexibility index (Phi) is 9.84. The smallest absolute Gasteiger partial charge is 0.341 e. The van der Waals surface area contributed by atoms with Crippen molar-refractivity contribution in [2.45, 2.75) is 13.5 Å². The van der Waals surface area contributed by atoms with Crippen LogP contribution in [0.4, 0.5) is 0 Å². The minimum atomic E-state index is -1.11. The molecule has 1 N–H and O–H groups in total. The molecule has 0 aliphatic carbocycles. The molecule has 0 fully saturated rings. The van der Waals surface area contributed by atoms with Crippen LogP contribution < -0.4 is 9.47 Å². The van der Waals surface area contributed by atoms with Crippen LogP contribution in [-0.2, 0) is 20.8 Å². The number of rotatable bonds is 12. The van der Waals surface area contributed by atoms with Gasteiger partial charge in [0.25, 0.3) is 0 Å². The van der Waals surface area contributed by atoms with Gasteiger partial charge in [0.1, 0.15) is 42.4 Å². The average molecular weight is 523 g/mol. The van der Waals surface area contributed by atoms with Gasteiger partial charge in [-0.15, -0.1) is 0 Å². The van der Waals surface area contributed by atoms with Crippen molar-refractivity contribution in [3.8, 4) is 11.5 Å². The number of aliphatic hydroxyl groups is 1. The summed E-state index contributed by atoms with van der Waals surface area (Å²) in [5.74, 6) is -1.29. The van der Waals surface area contributed by atoms with Crippen LogP contribution in [0.5, 0.6) is 11.5 Å². The van der Waals surface area contributed by atoms with Crippen LogP contribution in [0.15, 0.2) is 72.8 Å². The summed E-state index contributed by atoms with van der Waals surface area (Å²) in [7, 11) is 2.88. The molecule has 9 heteroatoms. The maximum Gasteiger partial charge on any atom is 0.341 e. The Morgan fingerprint density at radius 2 is 1.00 bits per heavy atom. The summed E-state index contributed by atoms with van der Waals surface area (Å²) in [4.78, 5) is 38.4. The third-order valence-corrected chi connectivity index (χ3v) is 5.72. The Balaban J connectivity index is 1.76. The molecule has 0 saturated carbocycles. The predicted molar refractivity (Wildman–Crippen MR) is 137 cm³/mol. The van der Waals surface area contributed by atoms with Crippen LogP contribution in [0.2, 0.25) is 0 Å². The van der Waals surface area contributed by atoms with Crippen molar-refractivity contribution in [1.29, 1.82) is 0 Å². The van der Waals surface area contributed by atoms with E-state index in [4.69, 9.17) is 23.7 Å². The van der Waals surface area contributed by atoms with Crippen molar-refractivity contribution in [3.05, 3.63) is 95.1 Å². The highest BCUT2D eigenvalue weighted by atomic mass is 16.6. The molecule has 0 bridgehead atoms. The van der Waals surface area contributed by atoms with Crippen LogP contribution in [0.3, 0.4) is 0 Å². The van der Waals surface area contributed by atoms with Crippen LogP contribution in [0.25, 0.3) is 0 Å². The van der Waals surface area contributed by atoms with Gasteiger partial charge in [0.05, 0.1) is 31.8 Å². The molecule has 0 spiro atoms. The number of methoxy groups -OCH3 is 2. The first-order valence-electron chi connectivity index (χ1n) is 11.8. The minimum Gasteiger partial charge on any atom is -0.496 e. The SMILES string of the molecule is COc1ccccc1C(=O)OCC(C)(COC(=O)c1ccccc1CO)COC(=O)c1ccccc1OC. The lowest BCUT2D eigenvalue weighted by atomic mass is 9.94. The fraction of sp³-hybridized carbons (Fsp3) is 0.276. The summed E-state index contributed by atoms with van der Waals surface area (Å²) in [5, 5.41) is 9.54. The molecular formula is C29H30O9. The third-order valence-electron chi connectivity index (χ3n) is 5.72. The Labute approximate surface area is 220 Å². The van der Waals surface area contributed by atoms with Gasteiger partial charge < -0.3 is 28.8 Å². The van der Waals surface area contributed by atoms with Gasteiger partial charge in [-0.25, -0.2) is 14.4 Å². The average Bonchev–Trinajstić information content (AvgIpc) is 2.97. The highest BCUT2D eigenvalue weighted by Gasteiger charge is 2.32. The molecule has 200 valence electrons. The van der Waals surface area contributed by atoms with Gasteiger partial charge in [-0.1, -0.05) is 42.5 Å². The maximum absolute atomic E-state index is 12.8. The van der Waals surface area contributed by atoms with E-state index in [0.717, 1.165) is 0 Å². The van der Waals surface area contributed by atoms with Gasteiger partial charge in [0, 0.05) is 0 Å². The van der Waals surface area contributed by atoms with Crippen molar-refractivity contribution in [3.63, 3.8) is 0 Å². The second-order valence-electron chi connectivity index (χ2n) is 8.75. The minimum absolute atomic E-state index is 0.203. The standard InChI is InChI=1S/C29H30O9/c1-29(17-36-26(31)21-11-5-4-10-20(21)16-30,18-37-27(32)22-12-6-8-14-24(22)34-2)19-38-28(33)23-13-7-9-15-25(23)35-3/h4-15,30H,16-19H2,1-3H3. The molecule has 38 heavy (non-hydrogen) atoms. The summed E-state index contributed by atoms with van der Waals surface area (Å²) in [6.45, 7) is 0.596. The molecule has 0 unspecified atom stereocenters. The van der Waals surface area contributed by atoms with E-state index in [1.807, 2.05) is 0 Å². The number of para-hydroxylation sites is 2. The fourth-order valence-electron chi connectivity index (χ4n) is 3.56. The number of esters is 3. The largest absolute Gasteiger partial charge is 0.496 e. The first-order chi connectivity index (χ1) is 18.3. The van der Waals surface area contributed by atoms with E-state index >= 15 is 0 Å². The Bertz CT molecular complexity index is 1110. The third kappa shape index (κ3) is 7.10. The predicted octanol–water partition coefficient (Wildman–Crippen LogP) is 4.07. The highest BCUT2D eigenvalue weighted by Crippen LogP contribution is 2.25. The number of hydrogen-bond acceptors (Lipinski definition) is 9. The molecule has 0 heterocycles. The zero-order chi connectivity index (χ0) is 27.5. The molecule has 0 radical (unpaired) electrons. The van der Waals surface area contributed by atoms with E-state index in [1.54, 1.807) is 73.7 Å². The quantitative estimate of drug-likeness (QED) is 0.277. The number of ether oxygens (including phenoxy) is 5. The molecule has 0 saturated heterocycles. The van der Waals surface area contributed by atoms with Crippen LogP contribution in [0.1, 0.15) is 43.6 Å². The summed E-state index contributed by atoms with van der Waals surface area (Å²) in [6, 6.07) is 19.7. The molecule has 0 atom stereocenters. The zero-order valence-electron chi connectivity index (χ0n) is 21.5. The van der Waals surface area contributed by atoms with Gasteiger partial charge >= 0.3 is 17.9 Å². The number of benzene rings is 3. The topological polar surface area (TPSA) is 118 Å². The lowest BCUT2D eigenvalue weighted by Gasteiger charge is -2.28. The number of carbonyl (C=O) groups excluding carboxylic acids is 3. The van der Waals surface area contributed by atoms with Crippen molar-refractivity contribution < 1.29 is 43.2 Å². The Morgan fingerprint density at radius 1 is 0.632 bits per heavy atom. The van der Waals surface area contributed by atoms with E-state index in [0.29, 0.717) is 17.1 Å². The van der Waals surface area contributed by atoms with Crippen LogP contribution in [-0.4, -0.2) is 57.1 Å². The summed E-state index contributed by atoms with van der Waals surface area (Å²) in [5.41, 5.74) is -0.0626. The summed E-state index contributed by atoms with van der Waals surface area (Å²) >= 11 is 0. The Hall–Kier alpha value is -4.37. The second kappa shape index (κ2) is 13.3. The summed E-state index contributed by atoms with van der Waals surface area (Å²) < 4.78 is 27.0. The molecule has 3 aromatic carbocycles. The van der Waals surface area contributed by atoms with Gasteiger partial charge in [0.2, 0.25) is 0 Å². The lowest BCUT2D eigenvalue weighted by Crippen LogP contribution is -2.37. The molecule has 3 rings (SSSR count). The van der Waals surface area contributed by atoms with Crippen molar-refractivity contribution in [2.24, 2.45) is 5.41 Å². The molecular weight excluding hydrogens is 492 g/mol. The highest BCUT2D eigenvalue weighted by molar-refractivity contribution is 5.93. The number of aliphatic hydroxyl groups excluding tert-OH is 1. The van der Waals surface area contributed by atoms with E-state index in [2.05, 4.69) is 0 Å². The van der Waals surface area contributed by atoms with E-state index in [1.165, 1.54) is 20.3 Å². The molecule has 0 aromatic heterocycles. The van der Waals surface area contributed by atoms with Crippen LogP contribution in [0, 0.1) is 5.41 Å². The Morgan fingerprint density at radius 3 is 1.42 bits per heavy atom. The van der Waals surface area contributed by atoms with Crippen LogP contribution >= 0.6 is 0 Å². The zero-order valence-corrected chi connectivity index (χ0v) is 21.5. The second-order valence-corrected chi connectivity index (χ2v) is 8.75. The number of carbonyl (C=O) groups is 3. The van der Waals surface area contributed by atoms with Gasteiger partial charge in [0.15, 0.2) is 0 Å². The first-order valence-corrected chi connectivity index (χ1v) is 11.8. The molecule has 0 amide bonds. The normalized spacial score (nSPS) is 10.8. The van der Waals surface area contributed by atoms with Gasteiger partial charge in [-0.05, 0) is 42.8 Å². The van der Waals surface area contributed by atoms with Gasteiger partial charge in [-0.3, -0.25) is 0 Å². The van der Waals surface area contributed by atoms with Crippen molar-refractivity contribution in [1.82, 2.24) is 0 Å². The molecule has 0 aliphatic heterocycles. The lowest BCUT2D eigenvalue weighted by molar-refractivity contribution is -0.0290. The van der Waals surface area contributed by atoms with E-state index in [9.17, 15) is 19.5 Å². The van der Waals surface area contributed by atoms with E-state index < -0.39 is 23.3 Å². The monoisotopic (exact) mass is 522 g/mol. The van der Waals surface area contributed by atoms with Crippen molar-refractivity contribution in [2.75, 3.05) is 34.0 Å². The number of hydrogen-bond donors (Lipinski definition) is 1. The fourth-order valence-corrected chi connectivity index (χ4v) is 3.56. The van der Waals surface area contributed by atoms with Gasteiger partial charge in [-0.2, -0.15) is 0 Å². The van der Waals surface area contributed by atoms with E-state index in [-0.39, 0.29) is 43.1 Å². The first kappa shape index (κ1) is 28.2. The molecule has 0 aliphatic rings.